The highest BCUT2D eigenvalue weighted by molar-refractivity contribution is 8.00. The van der Waals surface area contributed by atoms with E-state index in [2.05, 4.69) is 25.8 Å². The SMILES string of the molecule is C=CC(=C)OCC1CC(=C)C2=CC(Cl)=CCC2S1. The largest absolute Gasteiger partial charge is 0.493 e. The Balaban J connectivity index is 1.97. The smallest absolute Gasteiger partial charge is 0.111 e. The number of halogens is 1. The van der Waals surface area contributed by atoms with Gasteiger partial charge in [-0.15, -0.1) is 11.8 Å². The summed E-state index contributed by atoms with van der Waals surface area (Å²) < 4.78 is 5.54. The van der Waals surface area contributed by atoms with Crippen LogP contribution in [0.25, 0.3) is 0 Å². The average molecular weight is 281 g/mol. The molecule has 0 saturated carbocycles. The molecule has 1 aliphatic carbocycles. The monoisotopic (exact) mass is 280 g/mol. The molecule has 3 heteroatoms. The number of ether oxygens (including phenoxy) is 1. The third-order valence-electron chi connectivity index (χ3n) is 3.09. The van der Waals surface area contributed by atoms with Crippen LogP contribution in [0.15, 0.2) is 59.9 Å². The fourth-order valence-electron chi connectivity index (χ4n) is 2.14. The summed E-state index contributed by atoms with van der Waals surface area (Å²) >= 11 is 7.99. The van der Waals surface area contributed by atoms with Gasteiger partial charge in [-0.3, -0.25) is 0 Å². The zero-order valence-electron chi connectivity index (χ0n) is 10.3. The van der Waals surface area contributed by atoms with Crippen molar-refractivity contribution < 1.29 is 4.74 Å². The Hall–Kier alpha value is -0.860. The molecule has 0 spiro atoms. The van der Waals surface area contributed by atoms with Gasteiger partial charge in [0.15, 0.2) is 0 Å². The molecule has 2 rings (SSSR count). The van der Waals surface area contributed by atoms with Gasteiger partial charge in [0.05, 0.1) is 0 Å². The Kier molecular flexibility index (Phi) is 4.41. The minimum absolute atomic E-state index is 0.432. The topological polar surface area (TPSA) is 9.23 Å². The molecule has 1 fully saturated rings. The van der Waals surface area contributed by atoms with Crippen molar-refractivity contribution in [1.29, 1.82) is 0 Å². The van der Waals surface area contributed by atoms with Gasteiger partial charge in [0.25, 0.3) is 0 Å². The second-order valence-corrected chi connectivity index (χ2v) is 6.40. The zero-order valence-corrected chi connectivity index (χ0v) is 11.9. The van der Waals surface area contributed by atoms with Crippen molar-refractivity contribution in [3.63, 3.8) is 0 Å². The number of allylic oxidation sites excluding steroid dienone is 5. The van der Waals surface area contributed by atoms with Gasteiger partial charge in [-0.1, -0.05) is 37.4 Å². The van der Waals surface area contributed by atoms with E-state index in [1.165, 1.54) is 11.1 Å². The van der Waals surface area contributed by atoms with E-state index in [4.69, 9.17) is 16.3 Å². The number of hydrogen-bond acceptors (Lipinski definition) is 2. The molecule has 18 heavy (non-hydrogen) atoms. The lowest BCUT2D eigenvalue weighted by Crippen LogP contribution is -2.26. The highest BCUT2D eigenvalue weighted by atomic mass is 35.5. The predicted octanol–water partition coefficient (Wildman–Crippen LogP) is 4.59. The standard InChI is InChI=1S/C15H17ClOS/c1-4-11(3)17-9-13-7-10(2)14-8-12(16)5-6-15(14)18-13/h4-5,8,13,15H,1-3,6-7,9H2. The van der Waals surface area contributed by atoms with Gasteiger partial charge < -0.3 is 4.74 Å². The Morgan fingerprint density at radius 1 is 1.61 bits per heavy atom. The summed E-state index contributed by atoms with van der Waals surface area (Å²) in [6.07, 6.45) is 7.68. The molecular weight excluding hydrogens is 264 g/mol. The molecule has 1 heterocycles. The summed E-state index contributed by atoms with van der Waals surface area (Å²) in [5.74, 6) is 0.633. The Labute approximate surface area is 118 Å². The lowest BCUT2D eigenvalue weighted by atomic mass is 9.94. The Bertz CT molecular complexity index is 447. The highest BCUT2D eigenvalue weighted by Gasteiger charge is 2.30. The molecule has 2 aliphatic rings. The molecule has 0 aromatic heterocycles. The maximum Gasteiger partial charge on any atom is 0.111 e. The third kappa shape index (κ3) is 3.12. The molecule has 0 aromatic rings. The van der Waals surface area contributed by atoms with E-state index in [0.29, 0.717) is 22.9 Å². The normalized spacial score (nSPS) is 26.8. The van der Waals surface area contributed by atoms with Crippen LogP contribution < -0.4 is 0 Å². The second kappa shape index (κ2) is 5.85. The van der Waals surface area contributed by atoms with Gasteiger partial charge >= 0.3 is 0 Å². The molecule has 96 valence electrons. The fraction of sp³-hybridized carbons (Fsp3) is 0.333. The molecular formula is C15H17ClOS. The number of hydrogen-bond donors (Lipinski definition) is 0. The van der Waals surface area contributed by atoms with Crippen LogP contribution in [0.3, 0.4) is 0 Å². The molecule has 0 bridgehead atoms. The van der Waals surface area contributed by atoms with Gasteiger partial charge in [0.1, 0.15) is 12.4 Å². The van der Waals surface area contributed by atoms with Crippen molar-refractivity contribution in [2.75, 3.05) is 6.61 Å². The summed E-state index contributed by atoms with van der Waals surface area (Å²) in [5, 5.41) is 1.73. The van der Waals surface area contributed by atoms with Gasteiger partial charge in [0.2, 0.25) is 0 Å². The third-order valence-corrected chi connectivity index (χ3v) is 4.81. The van der Waals surface area contributed by atoms with Crippen LogP contribution >= 0.6 is 23.4 Å². The van der Waals surface area contributed by atoms with Crippen LogP contribution in [-0.4, -0.2) is 17.1 Å². The van der Waals surface area contributed by atoms with Crippen LogP contribution in [0, 0.1) is 0 Å². The van der Waals surface area contributed by atoms with Crippen molar-refractivity contribution in [3.8, 4) is 0 Å². The molecule has 2 unspecified atom stereocenters. The lowest BCUT2D eigenvalue weighted by Gasteiger charge is -2.34. The maximum absolute atomic E-state index is 6.05. The second-order valence-electron chi connectivity index (χ2n) is 4.46. The summed E-state index contributed by atoms with van der Waals surface area (Å²) in [7, 11) is 0. The summed E-state index contributed by atoms with van der Waals surface area (Å²) in [5.41, 5.74) is 2.48. The van der Waals surface area contributed by atoms with Crippen molar-refractivity contribution >= 4 is 23.4 Å². The highest BCUT2D eigenvalue weighted by Crippen LogP contribution is 2.43. The quantitative estimate of drug-likeness (QED) is 0.550. The van der Waals surface area contributed by atoms with Gasteiger partial charge in [-0.05, 0) is 36.1 Å². The van der Waals surface area contributed by atoms with E-state index < -0.39 is 0 Å². The molecule has 1 aliphatic heterocycles. The first-order valence-corrected chi connectivity index (χ1v) is 7.27. The molecule has 0 radical (unpaired) electrons. The van der Waals surface area contributed by atoms with E-state index in [-0.39, 0.29) is 0 Å². The van der Waals surface area contributed by atoms with Crippen molar-refractivity contribution in [1.82, 2.24) is 0 Å². The van der Waals surface area contributed by atoms with Gasteiger partial charge in [-0.2, -0.15) is 0 Å². The van der Waals surface area contributed by atoms with Crippen molar-refractivity contribution in [3.05, 3.63) is 59.9 Å². The van der Waals surface area contributed by atoms with Crippen LogP contribution in [-0.2, 0) is 4.74 Å². The van der Waals surface area contributed by atoms with E-state index in [1.807, 2.05) is 17.8 Å². The molecule has 0 N–H and O–H groups in total. The van der Waals surface area contributed by atoms with Crippen LogP contribution in [0.2, 0.25) is 0 Å². The molecule has 1 nitrogen and oxygen atoms in total. The fourth-order valence-corrected chi connectivity index (χ4v) is 3.84. The van der Waals surface area contributed by atoms with E-state index in [0.717, 1.165) is 17.9 Å². The minimum atomic E-state index is 0.432. The van der Waals surface area contributed by atoms with E-state index >= 15 is 0 Å². The first kappa shape index (κ1) is 13.6. The number of fused-ring (bicyclic) bond motifs is 1. The first-order valence-electron chi connectivity index (χ1n) is 5.95. The summed E-state index contributed by atoms with van der Waals surface area (Å²) in [6.45, 7) is 12.2. The maximum atomic E-state index is 6.05. The average Bonchev–Trinajstić information content (AvgIpc) is 2.37. The Morgan fingerprint density at radius 2 is 2.39 bits per heavy atom. The molecule has 0 amide bonds. The van der Waals surface area contributed by atoms with E-state index in [9.17, 15) is 0 Å². The van der Waals surface area contributed by atoms with Crippen LogP contribution in [0.1, 0.15) is 12.8 Å². The van der Waals surface area contributed by atoms with Crippen molar-refractivity contribution in [2.45, 2.75) is 23.3 Å². The molecule has 0 aromatic carbocycles. The number of thioether (sulfide) groups is 1. The van der Waals surface area contributed by atoms with Crippen molar-refractivity contribution in [2.24, 2.45) is 0 Å². The van der Waals surface area contributed by atoms with Gasteiger partial charge in [0, 0.05) is 15.5 Å². The zero-order chi connectivity index (χ0) is 13.1. The van der Waals surface area contributed by atoms with Gasteiger partial charge in [-0.25, -0.2) is 0 Å². The predicted molar refractivity (Wildman–Crippen MR) is 80.8 cm³/mol. The van der Waals surface area contributed by atoms with E-state index in [1.54, 1.807) is 6.08 Å². The molecule has 2 atom stereocenters. The van der Waals surface area contributed by atoms with Crippen LogP contribution in [0.5, 0.6) is 0 Å². The Morgan fingerprint density at radius 3 is 3.11 bits per heavy atom. The number of rotatable bonds is 4. The lowest BCUT2D eigenvalue weighted by molar-refractivity contribution is 0.226. The van der Waals surface area contributed by atoms with Crippen LogP contribution in [0.4, 0.5) is 0 Å². The summed E-state index contributed by atoms with van der Waals surface area (Å²) in [6, 6.07) is 0. The molecule has 1 saturated heterocycles. The summed E-state index contributed by atoms with van der Waals surface area (Å²) in [4.78, 5) is 0. The minimum Gasteiger partial charge on any atom is -0.493 e. The first-order chi connectivity index (χ1) is 8.60.